The Kier molecular flexibility index (Phi) is 3.09. The molecule has 0 saturated carbocycles. The van der Waals surface area contributed by atoms with Crippen molar-refractivity contribution in [2.24, 2.45) is 7.05 Å². The van der Waals surface area contributed by atoms with Crippen molar-refractivity contribution >= 4 is 27.5 Å². The maximum Gasteiger partial charge on any atom is 0.268 e. The highest BCUT2D eigenvalue weighted by Gasteiger charge is 2.18. The van der Waals surface area contributed by atoms with Crippen molar-refractivity contribution in [3.05, 3.63) is 23.2 Å². The molecule has 2 aromatic rings. The van der Waals surface area contributed by atoms with E-state index in [9.17, 15) is 4.79 Å². The Labute approximate surface area is 110 Å². The Morgan fingerprint density at radius 1 is 1.67 bits per heavy atom. The van der Waals surface area contributed by atoms with E-state index in [2.05, 4.69) is 5.32 Å². The first-order chi connectivity index (χ1) is 8.75. The van der Waals surface area contributed by atoms with Gasteiger partial charge in [-0.3, -0.25) is 4.79 Å². The predicted molar refractivity (Wildman–Crippen MR) is 72.1 cm³/mol. The van der Waals surface area contributed by atoms with Gasteiger partial charge in [-0.05, 0) is 30.4 Å². The molecule has 1 N–H and O–H groups in total. The van der Waals surface area contributed by atoms with Crippen LogP contribution < -0.4 is 5.32 Å². The number of ether oxygens (including phenoxy) is 1. The summed E-state index contributed by atoms with van der Waals surface area (Å²) in [5.74, 6) is -0.0172. The maximum absolute atomic E-state index is 12.1. The van der Waals surface area contributed by atoms with Crippen LogP contribution in [0.15, 0.2) is 17.5 Å². The van der Waals surface area contributed by atoms with Crippen LogP contribution in [-0.2, 0) is 11.8 Å². The molecule has 0 spiro atoms. The lowest BCUT2D eigenvalue weighted by molar-refractivity contribution is 0.0851. The first-order valence-corrected chi connectivity index (χ1v) is 7.06. The summed E-state index contributed by atoms with van der Waals surface area (Å²) in [7, 11) is 1.93. The van der Waals surface area contributed by atoms with Gasteiger partial charge in [0, 0.05) is 20.2 Å². The molecule has 18 heavy (non-hydrogen) atoms. The fraction of sp³-hybridized carbons (Fsp3) is 0.462. The lowest BCUT2D eigenvalue weighted by Crippen LogP contribution is -2.32. The molecule has 1 saturated heterocycles. The van der Waals surface area contributed by atoms with Gasteiger partial charge in [-0.15, -0.1) is 11.3 Å². The molecule has 2 aromatic heterocycles. The molecular weight excluding hydrogens is 248 g/mol. The lowest BCUT2D eigenvalue weighted by atomic mass is 10.2. The van der Waals surface area contributed by atoms with Crippen molar-refractivity contribution in [1.29, 1.82) is 0 Å². The zero-order chi connectivity index (χ0) is 12.5. The third kappa shape index (κ3) is 2.04. The topological polar surface area (TPSA) is 43.3 Å². The highest BCUT2D eigenvalue weighted by atomic mass is 32.1. The first kappa shape index (κ1) is 11.7. The summed E-state index contributed by atoms with van der Waals surface area (Å²) in [6.45, 7) is 1.43. The number of carbonyl (C=O) groups excluding carboxylic acids is 1. The van der Waals surface area contributed by atoms with E-state index >= 15 is 0 Å². The van der Waals surface area contributed by atoms with Gasteiger partial charge < -0.3 is 14.6 Å². The lowest BCUT2D eigenvalue weighted by Gasteiger charge is -2.11. The summed E-state index contributed by atoms with van der Waals surface area (Å²) >= 11 is 1.66. The maximum atomic E-state index is 12.1. The number of thiophene rings is 1. The van der Waals surface area contributed by atoms with Crippen molar-refractivity contribution in [3.63, 3.8) is 0 Å². The number of hydrogen-bond donors (Lipinski definition) is 1. The summed E-state index contributed by atoms with van der Waals surface area (Å²) in [4.78, 5) is 12.1. The van der Waals surface area contributed by atoms with Crippen LogP contribution in [0, 0.1) is 0 Å². The minimum atomic E-state index is -0.0172. The number of nitrogens with one attached hydrogen (secondary N) is 1. The summed E-state index contributed by atoms with van der Waals surface area (Å²) < 4.78 is 8.59. The van der Waals surface area contributed by atoms with Crippen LogP contribution in [-0.4, -0.2) is 29.7 Å². The van der Waals surface area contributed by atoms with E-state index in [-0.39, 0.29) is 12.0 Å². The molecule has 1 fully saturated rings. The standard InChI is InChI=1S/C13H16N2O2S/c1-15-10-4-6-18-12(10)7-11(15)13(16)14-8-9-3-2-5-17-9/h4,6-7,9H,2-3,5,8H2,1H3,(H,14,16)/t9-/m0/s1. The Bertz CT molecular complexity index is 567. The molecule has 0 radical (unpaired) electrons. The summed E-state index contributed by atoms with van der Waals surface area (Å²) in [5.41, 5.74) is 1.83. The molecule has 1 amide bonds. The molecule has 96 valence electrons. The number of fused-ring (bicyclic) bond motifs is 1. The number of hydrogen-bond acceptors (Lipinski definition) is 3. The molecule has 1 aliphatic heterocycles. The first-order valence-electron chi connectivity index (χ1n) is 6.18. The van der Waals surface area contributed by atoms with Gasteiger partial charge in [0.25, 0.3) is 5.91 Å². The van der Waals surface area contributed by atoms with Crippen molar-refractivity contribution < 1.29 is 9.53 Å². The van der Waals surface area contributed by atoms with Gasteiger partial charge in [0.1, 0.15) is 5.69 Å². The monoisotopic (exact) mass is 264 g/mol. The van der Waals surface area contributed by atoms with Gasteiger partial charge in [-0.2, -0.15) is 0 Å². The van der Waals surface area contributed by atoms with Gasteiger partial charge in [0.05, 0.1) is 16.3 Å². The zero-order valence-electron chi connectivity index (χ0n) is 10.3. The second kappa shape index (κ2) is 4.74. The van der Waals surface area contributed by atoms with Crippen molar-refractivity contribution in [1.82, 2.24) is 9.88 Å². The van der Waals surface area contributed by atoms with Gasteiger partial charge >= 0.3 is 0 Å². The van der Waals surface area contributed by atoms with E-state index in [1.807, 2.05) is 29.1 Å². The molecule has 0 bridgehead atoms. The van der Waals surface area contributed by atoms with E-state index in [1.165, 1.54) is 0 Å². The van der Waals surface area contributed by atoms with Gasteiger partial charge in [-0.1, -0.05) is 0 Å². The van der Waals surface area contributed by atoms with E-state index in [0.29, 0.717) is 6.54 Å². The van der Waals surface area contributed by atoms with Crippen LogP contribution in [0.3, 0.4) is 0 Å². The number of carbonyl (C=O) groups is 1. The van der Waals surface area contributed by atoms with E-state index < -0.39 is 0 Å². The molecule has 0 unspecified atom stereocenters. The highest BCUT2D eigenvalue weighted by molar-refractivity contribution is 7.17. The SMILES string of the molecule is Cn1c(C(=O)NC[C@@H]2CCCO2)cc2sccc21. The van der Waals surface area contributed by atoms with Crippen LogP contribution in [0.4, 0.5) is 0 Å². The Morgan fingerprint density at radius 2 is 2.56 bits per heavy atom. The fourth-order valence-corrected chi connectivity index (χ4v) is 3.22. The third-order valence-corrected chi connectivity index (χ3v) is 4.26. The molecule has 1 aliphatic rings. The smallest absolute Gasteiger partial charge is 0.268 e. The van der Waals surface area contributed by atoms with Crippen LogP contribution in [0.25, 0.3) is 10.2 Å². The fourth-order valence-electron chi connectivity index (χ4n) is 2.37. The third-order valence-electron chi connectivity index (χ3n) is 3.41. The van der Waals surface area contributed by atoms with E-state index in [4.69, 9.17) is 4.74 Å². The molecule has 0 aliphatic carbocycles. The quantitative estimate of drug-likeness (QED) is 0.923. The Morgan fingerprint density at radius 3 is 3.28 bits per heavy atom. The van der Waals surface area contributed by atoms with Crippen molar-refractivity contribution in [3.8, 4) is 0 Å². The van der Waals surface area contributed by atoms with Crippen LogP contribution in [0.1, 0.15) is 23.3 Å². The highest BCUT2D eigenvalue weighted by Crippen LogP contribution is 2.24. The Hall–Kier alpha value is -1.33. The molecular formula is C13H16N2O2S. The minimum Gasteiger partial charge on any atom is -0.376 e. The van der Waals surface area contributed by atoms with Gasteiger partial charge in [0.2, 0.25) is 0 Å². The molecule has 0 aromatic carbocycles. The number of amides is 1. The molecule has 4 nitrogen and oxygen atoms in total. The number of aromatic nitrogens is 1. The molecule has 5 heteroatoms. The summed E-state index contributed by atoms with van der Waals surface area (Å²) in [6.07, 6.45) is 2.33. The minimum absolute atomic E-state index is 0.0172. The second-order valence-corrected chi connectivity index (χ2v) is 5.55. The van der Waals surface area contributed by atoms with E-state index in [1.54, 1.807) is 11.3 Å². The van der Waals surface area contributed by atoms with E-state index in [0.717, 1.165) is 35.4 Å². The predicted octanol–water partition coefficient (Wildman–Crippen LogP) is 2.15. The normalized spacial score (nSPS) is 19.5. The zero-order valence-corrected chi connectivity index (χ0v) is 11.1. The number of rotatable bonds is 3. The summed E-state index contributed by atoms with van der Waals surface area (Å²) in [6, 6.07) is 3.99. The summed E-state index contributed by atoms with van der Waals surface area (Å²) in [5, 5.41) is 4.99. The average Bonchev–Trinajstić information content (AvgIpc) is 3.05. The van der Waals surface area contributed by atoms with Crippen LogP contribution >= 0.6 is 11.3 Å². The molecule has 3 heterocycles. The number of nitrogens with zero attached hydrogens (tertiary/aromatic N) is 1. The van der Waals surface area contributed by atoms with Gasteiger partial charge in [0.15, 0.2) is 0 Å². The Balaban J connectivity index is 1.71. The van der Waals surface area contributed by atoms with Gasteiger partial charge in [-0.25, -0.2) is 0 Å². The molecule has 1 atom stereocenters. The van der Waals surface area contributed by atoms with Crippen molar-refractivity contribution in [2.75, 3.05) is 13.2 Å². The molecule has 3 rings (SSSR count). The van der Waals surface area contributed by atoms with Crippen LogP contribution in [0.2, 0.25) is 0 Å². The number of aryl methyl sites for hydroxylation is 1. The largest absolute Gasteiger partial charge is 0.376 e. The van der Waals surface area contributed by atoms with Crippen LogP contribution in [0.5, 0.6) is 0 Å². The average molecular weight is 264 g/mol. The van der Waals surface area contributed by atoms with Crippen molar-refractivity contribution in [2.45, 2.75) is 18.9 Å². The second-order valence-electron chi connectivity index (χ2n) is 4.60.